The van der Waals surface area contributed by atoms with E-state index >= 15 is 0 Å². The standard InChI is InChI=1S/C12H17Br2NO/c1-10(9-13)15(2)7-8-16-12-5-3-11(14)4-6-12/h3-6,10H,7-9H2,1-2H3. The quantitative estimate of drug-likeness (QED) is 0.727. The lowest BCUT2D eigenvalue weighted by atomic mass is 10.3. The zero-order chi connectivity index (χ0) is 12.0. The molecule has 0 fully saturated rings. The summed E-state index contributed by atoms with van der Waals surface area (Å²) in [6.45, 7) is 3.84. The number of nitrogens with zero attached hydrogens (tertiary/aromatic N) is 1. The van der Waals surface area contributed by atoms with Crippen LogP contribution in [0.1, 0.15) is 6.92 Å². The minimum Gasteiger partial charge on any atom is -0.492 e. The molecule has 0 aromatic heterocycles. The Balaban J connectivity index is 2.27. The third-order valence-electron chi connectivity index (χ3n) is 2.50. The van der Waals surface area contributed by atoms with Crippen molar-refractivity contribution in [1.82, 2.24) is 4.90 Å². The summed E-state index contributed by atoms with van der Waals surface area (Å²) in [5.41, 5.74) is 0. The summed E-state index contributed by atoms with van der Waals surface area (Å²) in [6, 6.07) is 8.45. The van der Waals surface area contributed by atoms with Crippen LogP contribution in [0.2, 0.25) is 0 Å². The van der Waals surface area contributed by atoms with Crippen LogP contribution < -0.4 is 4.74 Å². The van der Waals surface area contributed by atoms with Crippen LogP contribution in [-0.4, -0.2) is 36.5 Å². The fourth-order valence-corrected chi connectivity index (χ4v) is 1.94. The molecule has 0 N–H and O–H groups in total. The van der Waals surface area contributed by atoms with Crippen LogP contribution >= 0.6 is 31.9 Å². The maximum Gasteiger partial charge on any atom is 0.119 e. The molecule has 1 atom stereocenters. The van der Waals surface area contributed by atoms with Gasteiger partial charge in [-0.25, -0.2) is 0 Å². The first-order valence-corrected chi connectivity index (χ1v) is 7.19. The second kappa shape index (κ2) is 7.30. The summed E-state index contributed by atoms with van der Waals surface area (Å²) in [7, 11) is 2.11. The molecule has 0 heterocycles. The van der Waals surface area contributed by atoms with E-state index in [1.165, 1.54) is 0 Å². The van der Waals surface area contributed by atoms with Crippen LogP contribution in [0.3, 0.4) is 0 Å². The van der Waals surface area contributed by atoms with Crippen LogP contribution in [-0.2, 0) is 0 Å². The summed E-state index contributed by atoms with van der Waals surface area (Å²) < 4.78 is 6.72. The third kappa shape index (κ3) is 4.85. The van der Waals surface area contributed by atoms with Crippen molar-refractivity contribution in [3.05, 3.63) is 28.7 Å². The van der Waals surface area contributed by atoms with E-state index in [2.05, 4.69) is 50.7 Å². The molecular formula is C12H17Br2NO. The molecule has 0 saturated heterocycles. The van der Waals surface area contributed by atoms with Gasteiger partial charge < -0.3 is 4.74 Å². The Morgan fingerprint density at radius 3 is 2.50 bits per heavy atom. The van der Waals surface area contributed by atoms with Crippen molar-refractivity contribution in [2.24, 2.45) is 0 Å². The molecule has 1 rings (SSSR count). The zero-order valence-corrected chi connectivity index (χ0v) is 12.8. The van der Waals surface area contributed by atoms with E-state index in [4.69, 9.17) is 4.74 Å². The fraction of sp³-hybridized carbons (Fsp3) is 0.500. The van der Waals surface area contributed by atoms with Crippen LogP contribution in [0.5, 0.6) is 5.75 Å². The van der Waals surface area contributed by atoms with E-state index in [0.29, 0.717) is 6.04 Å². The average Bonchev–Trinajstić information content (AvgIpc) is 2.30. The van der Waals surface area contributed by atoms with E-state index in [1.54, 1.807) is 0 Å². The summed E-state index contributed by atoms with van der Waals surface area (Å²) in [5.74, 6) is 0.920. The number of rotatable bonds is 6. The zero-order valence-electron chi connectivity index (χ0n) is 9.62. The largest absolute Gasteiger partial charge is 0.492 e. The molecule has 0 amide bonds. The van der Waals surface area contributed by atoms with Gasteiger partial charge in [-0.15, -0.1) is 0 Å². The molecule has 90 valence electrons. The van der Waals surface area contributed by atoms with Gasteiger partial charge in [-0.3, -0.25) is 4.90 Å². The molecule has 16 heavy (non-hydrogen) atoms. The lowest BCUT2D eigenvalue weighted by molar-refractivity contribution is 0.211. The maximum absolute atomic E-state index is 5.65. The van der Waals surface area contributed by atoms with Crippen LogP contribution in [0.4, 0.5) is 0 Å². The number of hydrogen-bond donors (Lipinski definition) is 0. The summed E-state index contributed by atoms with van der Waals surface area (Å²) in [6.07, 6.45) is 0. The maximum atomic E-state index is 5.65. The summed E-state index contributed by atoms with van der Waals surface area (Å²) >= 11 is 6.87. The molecule has 0 spiro atoms. The average molecular weight is 351 g/mol. The van der Waals surface area contributed by atoms with Gasteiger partial charge in [-0.05, 0) is 38.2 Å². The molecule has 0 bridgehead atoms. The number of hydrogen-bond acceptors (Lipinski definition) is 2. The first kappa shape index (κ1) is 14.0. The summed E-state index contributed by atoms with van der Waals surface area (Å²) in [4.78, 5) is 2.27. The predicted molar refractivity (Wildman–Crippen MR) is 75.5 cm³/mol. The Bertz CT molecular complexity index is 302. The fourth-order valence-electron chi connectivity index (χ4n) is 1.18. The van der Waals surface area contributed by atoms with Crippen LogP contribution in [0.25, 0.3) is 0 Å². The van der Waals surface area contributed by atoms with Gasteiger partial charge >= 0.3 is 0 Å². The lowest BCUT2D eigenvalue weighted by Gasteiger charge is -2.22. The first-order chi connectivity index (χ1) is 7.63. The number of ether oxygens (including phenoxy) is 1. The van der Waals surface area contributed by atoms with E-state index < -0.39 is 0 Å². The van der Waals surface area contributed by atoms with E-state index in [1.807, 2.05) is 24.3 Å². The van der Waals surface area contributed by atoms with Crippen molar-refractivity contribution in [3.8, 4) is 5.75 Å². The van der Waals surface area contributed by atoms with Gasteiger partial charge in [0.1, 0.15) is 12.4 Å². The minimum atomic E-state index is 0.536. The monoisotopic (exact) mass is 349 g/mol. The van der Waals surface area contributed by atoms with Crippen LogP contribution in [0, 0.1) is 0 Å². The predicted octanol–water partition coefficient (Wildman–Crippen LogP) is 3.54. The Morgan fingerprint density at radius 2 is 1.94 bits per heavy atom. The number of likely N-dealkylation sites (N-methyl/N-ethyl adjacent to an activating group) is 1. The Hall–Kier alpha value is -0.0600. The van der Waals surface area contributed by atoms with Gasteiger partial charge in [0.25, 0.3) is 0 Å². The number of alkyl halides is 1. The van der Waals surface area contributed by atoms with Gasteiger partial charge in [-0.2, -0.15) is 0 Å². The van der Waals surface area contributed by atoms with Gasteiger partial charge in [0.15, 0.2) is 0 Å². The second-order valence-corrected chi connectivity index (χ2v) is 5.35. The van der Waals surface area contributed by atoms with Crippen molar-refractivity contribution < 1.29 is 4.74 Å². The van der Waals surface area contributed by atoms with Crippen molar-refractivity contribution in [1.29, 1.82) is 0 Å². The molecule has 1 aromatic rings. The molecule has 0 radical (unpaired) electrons. The van der Waals surface area contributed by atoms with Gasteiger partial charge in [0.2, 0.25) is 0 Å². The number of halogens is 2. The Labute approximate surface area is 114 Å². The molecule has 1 unspecified atom stereocenters. The second-order valence-electron chi connectivity index (χ2n) is 3.79. The molecule has 0 saturated carbocycles. The van der Waals surface area contributed by atoms with Crippen molar-refractivity contribution in [2.45, 2.75) is 13.0 Å². The van der Waals surface area contributed by atoms with Crippen molar-refractivity contribution >= 4 is 31.9 Å². The SMILES string of the molecule is CC(CBr)N(C)CCOc1ccc(Br)cc1. The summed E-state index contributed by atoms with van der Waals surface area (Å²) in [5, 5.41) is 0.988. The minimum absolute atomic E-state index is 0.536. The molecular weight excluding hydrogens is 334 g/mol. The highest BCUT2D eigenvalue weighted by molar-refractivity contribution is 9.10. The van der Waals surface area contributed by atoms with E-state index in [9.17, 15) is 0 Å². The lowest BCUT2D eigenvalue weighted by Crippen LogP contribution is -2.33. The van der Waals surface area contributed by atoms with Gasteiger partial charge in [0, 0.05) is 22.4 Å². The smallest absolute Gasteiger partial charge is 0.119 e. The molecule has 0 aliphatic heterocycles. The Kier molecular flexibility index (Phi) is 6.39. The Morgan fingerprint density at radius 1 is 1.31 bits per heavy atom. The van der Waals surface area contributed by atoms with Crippen molar-refractivity contribution in [2.75, 3.05) is 25.5 Å². The molecule has 0 aliphatic carbocycles. The highest BCUT2D eigenvalue weighted by atomic mass is 79.9. The number of benzene rings is 1. The highest BCUT2D eigenvalue weighted by Gasteiger charge is 2.06. The molecule has 4 heteroatoms. The van der Waals surface area contributed by atoms with Gasteiger partial charge in [-0.1, -0.05) is 31.9 Å². The molecule has 2 nitrogen and oxygen atoms in total. The topological polar surface area (TPSA) is 12.5 Å². The van der Waals surface area contributed by atoms with Gasteiger partial charge in [0.05, 0.1) is 0 Å². The molecule has 1 aromatic carbocycles. The first-order valence-electron chi connectivity index (χ1n) is 5.28. The molecule has 0 aliphatic rings. The van der Waals surface area contributed by atoms with Crippen LogP contribution in [0.15, 0.2) is 28.7 Å². The highest BCUT2D eigenvalue weighted by Crippen LogP contribution is 2.15. The van der Waals surface area contributed by atoms with Crippen molar-refractivity contribution in [3.63, 3.8) is 0 Å². The van der Waals surface area contributed by atoms with E-state index in [-0.39, 0.29) is 0 Å². The normalized spacial score (nSPS) is 12.8. The van der Waals surface area contributed by atoms with E-state index in [0.717, 1.165) is 28.7 Å². The third-order valence-corrected chi connectivity index (χ3v) is 3.97.